The highest BCUT2D eigenvalue weighted by Gasteiger charge is 2.28. The van der Waals surface area contributed by atoms with Gasteiger partial charge in [-0.3, -0.25) is 9.59 Å². The predicted molar refractivity (Wildman–Crippen MR) is 118 cm³/mol. The number of ether oxygens (including phenoxy) is 1. The summed E-state index contributed by atoms with van der Waals surface area (Å²) in [5, 5.41) is 3.14. The molecular formula is C23H26F2N4O3. The van der Waals surface area contributed by atoms with Gasteiger partial charge in [-0.25, -0.2) is 8.78 Å². The number of fused-ring (bicyclic) bond motifs is 1. The van der Waals surface area contributed by atoms with Gasteiger partial charge < -0.3 is 24.8 Å². The van der Waals surface area contributed by atoms with Gasteiger partial charge in [0.05, 0.1) is 20.1 Å². The molecule has 1 atom stereocenters. The monoisotopic (exact) mass is 444 g/mol. The van der Waals surface area contributed by atoms with Gasteiger partial charge in [0.15, 0.2) is 17.4 Å². The fraction of sp³-hybridized carbons (Fsp3) is 0.391. The predicted octanol–water partition coefficient (Wildman–Crippen LogP) is 2.64. The number of halogens is 2. The molecule has 2 aliphatic heterocycles. The van der Waals surface area contributed by atoms with Gasteiger partial charge in [0.1, 0.15) is 0 Å². The second-order valence-electron chi connectivity index (χ2n) is 8.15. The van der Waals surface area contributed by atoms with Crippen molar-refractivity contribution in [3.05, 3.63) is 47.5 Å². The van der Waals surface area contributed by atoms with Crippen LogP contribution in [0.15, 0.2) is 30.3 Å². The van der Waals surface area contributed by atoms with Crippen molar-refractivity contribution in [3.8, 4) is 5.75 Å². The molecule has 1 saturated heterocycles. The first-order chi connectivity index (χ1) is 15.3. The van der Waals surface area contributed by atoms with Gasteiger partial charge >= 0.3 is 0 Å². The summed E-state index contributed by atoms with van der Waals surface area (Å²) in [6.45, 7) is 3.39. The van der Waals surface area contributed by atoms with E-state index in [4.69, 9.17) is 4.74 Å². The molecule has 170 valence electrons. The van der Waals surface area contributed by atoms with Gasteiger partial charge in [-0.1, -0.05) is 6.07 Å². The molecule has 7 nitrogen and oxygen atoms in total. The van der Waals surface area contributed by atoms with Crippen LogP contribution in [0, 0.1) is 11.6 Å². The number of carbonyl (C=O) groups excluding carboxylic acids is 2. The van der Waals surface area contributed by atoms with Crippen LogP contribution in [0.4, 0.5) is 25.8 Å². The Morgan fingerprint density at radius 2 is 1.91 bits per heavy atom. The third kappa shape index (κ3) is 4.06. The van der Waals surface area contributed by atoms with Crippen molar-refractivity contribution in [3.63, 3.8) is 0 Å². The molecule has 2 aromatic rings. The van der Waals surface area contributed by atoms with E-state index >= 15 is 0 Å². The molecular weight excluding hydrogens is 418 g/mol. The minimum Gasteiger partial charge on any atom is -0.491 e. The molecule has 2 heterocycles. The maximum absolute atomic E-state index is 14.1. The molecule has 1 N–H and O–H groups in total. The fourth-order valence-corrected chi connectivity index (χ4v) is 4.32. The molecule has 0 spiro atoms. The molecule has 2 aromatic carbocycles. The Balaban J connectivity index is 1.36. The molecule has 0 unspecified atom stereocenters. The van der Waals surface area contributed by atoms with Crippen LogP contribution in [0.25, 0.3) is 0 Å². The molecule has 0 radical (unpaired) electrons. The highest BCUT2D eigenvalue weighted by atomic mass is 19.1. The summed E-state index contributed by atoms with van der Waals surface area (Å²) >= 11 is 0. The van der Waals surface area contributed by atoms with Crippen molar-refractivity contribution < 1.29 is 23.1 Å². The maximum Gasteiger partial charge on any atom is 0.242 e. The van der Waals surface area contributed by atoms with E-state index in [0.29, 0.717) is 31.7 Å². The van der Waals surface area contributed by atoms with E-state index in [1.165, 1.54) is 19.2 Å². The Morgan fingerprint density at radius 1 is 1.19 bits per heavy atom. The zero-order valence-corrected chi connectivity index (χ0v) is 18.3. The number of amides is 2. The Labute approximate surface area is 185 Å². The molecule has 32 heavy (non-hydrogen) atoms. The topological polar surface area (TPSA) is 65.1 Å². The maximum atomic E-state index is 14.1. The third-order valence-corrected chi connectivity index (χ3v) is 6.11. The van der Waals surface area contributed by atoms with Crippen LogP contribution in [0.1, 0.15) is 12.5 Å². The average molecular weight is 444 g/mol. The number of nitrogens with zero attached hydrogens (tertiary/aromatic N) is 3. The lowest BCUT2D eigenvalue weighted by molar-refractivity contribution is -0.130. The van der Waals surface area contributed by atoms with Gasteiger partial charge in [-0.05, 0) is 24.6 Å². The fourth-order valence-electron chi connectivity index (χ4n) is 4.32. The van der Waals surface area contributed by atoms with Crippen LogP contribution in [-0.2, 0) is 16.0 Å². The van der Waals surface area contributed by atoms with E-state index < -0.39 is 17.4 Å². The number of methoxy groups -OCH3 is 1. The van der Waals surface area contributed by atoms with Crippen LogP contribution in [0.3, 0.4) is 0 Å². The van der Waals surface area contributed by atoms with E-state index in [9.17, 15) is 18.4 Å². The van der Waals surface area contributed by atoms with Crippen LogP contribution in [0.2, 0.25) is 0 Å². The van der Waals surface area contributed by atoms with Gasteiger partial charge in [0.2, 0.25) is 11.8 Å². The number of nitrogens with one attached hydrogen (secondary N) is 1. The zero-order valence-electron chi connectivity index (χ0n) is 18.3. The zero-order chi connectivity index (χ0) is 23.0. The first-order valence-electron chi connectivity index (χ1n) is 10.5. The minimum atomic E-state index is -0.751. The van der Waals surface area contributed by atoms with E-state index in [1.54, 1.807) is 16.8 Å². The molecule has 2 aliphatic rings. The number of hydrogen-bond acceptors (Lipinski definition) is 5. The van der Waals surface area contributed by atoms with Crippen molar-refractivity contribution in [2.45, 2.75) is 19.4 Å². The minimum absolute atomic E-state index is 0.0525. The molecule has 4 rings (SSSR count). The van der Waals surface area contributed by atoms with Crippen molar-refractivity contribution in [1.29, 1.82) is 0 Å². The van der Waals surface area contributed by atoms with Gasteiger partial charge in [0.25, 0.3) is 0 Å². The summed E-state index contributed by atoms with van der Waals surface area (Å²) in [6, 6.07) is 8.05. The second-order valence-corrected chi connectivity index (χ2v) is 8.15. The number of piperazine rings is 1. The van der Waals surface area contributed by atoms with E-state index in [2.05, 4.69) is 5.32 Å². The molecule has 0 aliphatic carbocycles. The standard InChI is InChI=1S/C23H26F2N4O3/c1-14-13-28(6-7-29(14)17-10-18(24)23(32-3)19(25)11-17)22(31)12-26-16-5-4-15-8-21(30)27(2)20(15)9-16/h4-5,9-11,14,26H,6-8,12-13H2,1-3H3/t14-/m1/s1. The summed E-state index contributed by atoms with van der Waals surface area (Å²) in [4.78, 5) is 29.8. The molecule has 1 fully saturated rings. The SMILES string of the molecule is COc1c(F)cc(N2CCN(C(=O)CNc3ccc4c(c3)N(C)C(=O)C4)C[C@H]2C)cc1F. The molecule has 0 aromatic heterocycles. The van der Waals surface area contributed by atoms with Crippen LogP contribution < -0.4 is 19.9 Å². The molecule has 0 saturated carbocycles. The number of benzene rings is 2. The lowest BCUT2D eigenvalue weighted by Crippen LogP contribution is -2.54. The summed E-state index contributed by atoms with van der Waals surface area (Å²) in [7, 11) is 2.97. The summed E-state index contributed by atoms with van der Waals surface area (Å²) < 4.78 is 32.9. The number of likely N-dealkylation sites (N-methyl/N-ethyl adjacent to an activating group) is 1. The number of rotatable bonds is 5. The molecule has 9 heteroatoms. The normalized spacial score (nSPS) is 18.1. The largest absolute Gasteiger partial charge is 0.491 e. The van der Waals surface area contributed by atoms with Crippen LogP contribution >= 0.6 is 0 Å². The highest BCUT2D eigenvalue weighted by Crippen LogP contribution is 2.31. The van der Waals surface area contributed by atoms with E-state index in [0.717, 1.165) is 16.9 Å². The first kappa shape index (κ1) is 21.9. The van der Waals surface area contributed by atoms with Crippen molar-refractivity contribution in [2.75, 3.05) is 55.5 Å². The Hall–Kier alpha value is -3.36. The third-order valence-electron chi connectivity index (χ3n) is 6.11. The Morgan fingerprint density at radius 3 is 2.56 bits per heavy atom. The van der Waals surface area contributed by atoms with Crippen LogP contribution in [-0.4, -0.2) is 63.1 Å². The number of anilines is 3. The highest BCUT2D eigenvalue weighted by molar-refractivity contribution is 6.01. The lowest BCUT2D eigenvalue weighted by atomic mass is 10.1. The smallest absolute Gasteiger partial charge is 0.242 e. The molecule has 0 bridgehead atoms. The van der Waals surface area contributed by atoms with E-state index in [-0.39, 0.29) is 24.4 Å². The van der Waals surface area contributed by atoms with Crippen molar-refractivity contribution in [1.82, 2.24) is 4.90 Å². The first-order valence-corrected chi connectivity index (χ1v) is 10.5. The summed E-state index contributed by atoms with van der Waals surface area (Å²) in [5.74, 6) is -1.91. The summed E-state index contributed by atoms with van der Waals surface area (Å²) in [6.07, 6.45) is 0.398. The number of carbonyl (C=O) groups is 2. The second kappa shape index (κ2) is 8.64. The Kier molecular flexibility index (Phi) is 5.90. The quantitative estimate of drug-likeness (QED) is 0.768. The summed E-state index contributed by atoms with van der Waals surface area (Å²) in [5.41, 5.74) is 3.03. The Bertz CT molecular complexity index is 1040. The van der Waals surface area contributed by atoms with Crippen molar-refractivity contribution >= 4 is 28.9 Å². The van der Waals surface area contributed by atoms with Crippen LogP contribution in [0.5, 0.6) is 5.75 Å². The van der Waals surface area contributed by atoms with Gasteiger partial charge in [-0.15, -0.1) is 0 Å². The van der Waals surface area contributed by atoms with Gasteiger partial charge in [0, 0.05) is 61.9 Å². The lowest BCUT2D eigenvalue weighted by Gasteiger charge is -2.41. The average Bonchev–Trinajstić information content (AvgIpc) is 3.05. The van der Waals surface area contributed by atoms with Gasteiger partial charge in [-0.2, -0.15) is 0 Å². The van der Waals surface area contributed by atoms with Crippen molar-refractivity contribution in [2.24, 2.45) is 0 Å². The molecule has 2 amide bonds. The van der Waals surface area contributed by atoms with E-state index in [1.807, 2.05) is 30.0 Å². The number of hydrogen-bond donors (Lipinski definition) is 1.